The number of para-hydroxylation sites is 3. The average Bonchev–Trinajstić information content (AvgIpc) is 3.87. The zero-order valence-electron chi connectivity index (χ0n) is 41.6. The molecule has 0 saturated carbocycles. The molecule has 0 spiro atoms. The number of hydrogen-bond acceptors (Lipinski definition) is 2. The summed E-state index contributed by atoms with van der Waals surface area (Å²) in [6.07, 6.45) is 0.147. The maximum absolute atomic E-state index is 9.78. The van der Waals surface area contributed by atoms with Gasteiger partial charge in [-0.05, 0) is 79.6 Å². The molecule has 5 nitrogen and oxygen atoms in total. The van der Waals surface area contributed by atoms with Crippen LogP contribution >= 0.6 is 0 Å². The molecule has 0 fully saturated rings. The third kappa shape index (κ3) is 8.87. The Labute approximate surface area is 412 Å². The molecular formula is C61H56N4OPt+2. The predicted octanol–water partition coefficient (Wildman–Crippen LogP) is 15.9. The van der Waals surface area contributed by atoms with Gasteiger partial charge in [-0.15, -0.1) is 29.1 Å². The van der Waals surface area contributed by atoms with E-state index in [9.17, 15) is 2.74 Å². The minimum atomic E-state index is -1.74. The number of nitrogens with zero attached hydrogens (tertiary/aromatic N) is 4. The molecule has 0 N–H and O–H groups in total. The minimum absolute atomic E-state index is 0. The van der Waals surface area contributed by atoms with E-state index in [0.29, 0.717) is 22.7 Å². The van der Waals surface area contributed by atoms with Gasteiger partial charge in [-0.2, -0.15) is 6.07 Å². The SMILES string of the molecule is [2H]C([2H])(c1cccc2c1[N+](c1c(-c3ccccc3)cccc1-c1ccccc1)=C=[N+]2c1[c-]c(Oc2[c-]c3c(cc2)c2ccccc2n3-c2cc(C(C)(C)C)ccn2)cc(C(C)(C)C)c1)C(C)(C)C.[Pt+2]. The molecule has 6 heteroatoms. The molecule has 1 aliphatic heterocycles. The van der Waals surface area contributed by atoms with Crippen LogP contribution < -0.4 is 13.9 Å². The Hall–Kier alpha value is -6.64. The van der Waals surface area contributed by atoms with E-state index in [0.717, 1.165) is 72.5 Å². The van der Waals surface area contributed by atoms with E-state index in [2.05, 4.69) is 196 Å². The Morgan fingerprint density at radius 1 is 0.597 bits per heavy atom. The van der Waals surface area contributed by atoms with Crippen LogP contribution in [0.1, 0.15) is 81.7 Å². The van der Waals surface area contributed by atoms with Gasteiger partial charge in [0.1, 0.15) is 11.5 Å². The molecule has 10 rings (SSSR count). The summed E-state index contributed by atoms with van der Waals surface area (Å²) in [7, 11) is 0. The van der Waals surface area contributed by atoms with Gasteiger partial charge in [-0.3, -0.25) is 0 Å². The number of rotatable bonds is 8. The van der Waals surface area contributed by atoms with Crippen LogP contribution in [-0.4, -0.2) is 15.6 Å². The van der Waals surface area contributed by atoms with E-state index in [1.807, 2.05) is 61.9 Å². The van der Waals surface area contributed by atoms with E-state index in [4.69, 9.17) is 9.72 Å². The first-order valence-electron chi connectivity index (χ1n) is 23.8. The number of ether oxygens (including phenoxy) is 1. The first-order chi connectivity index (χ1) is 32.4. The van der Waals surface area contributed by atoms with E-state index in [1.165, 1.54) is 5.56 Å². The summed E-state index contributed by atoms with van der Waals surface area (Å²) in [6.45, 7) is 19.1. The average molecular weight is 1060 g/mol. The molecule has 67 heavy (non-hydrogen) atoms. The zero-order chi connectivity index (χ0) is 47.8. The molecule has 0 bridgehead atoms. The third-order valence-corrected chi connectivity index (χ3v) is 12.2. The molecule has 334 valence electrons. The molecular weight excluding hydrogens is 1000 g/mol. The number of benzene rings is 7. The summed E-state index contributed by atoms with van der Waals surface area (Å²) in [6, 6.07) is 65.2. The van der Waals surface area contributed by atoms with Crippen molar-refractivity contribution in [2.24, 2.45) is 5.41 Å². The number of pyridine rings is 1. The Morgan fingerprint density at radius 2 is 1.24 bits per heavy atom. The second-order valence-corrected chi connectivity index (χ2v) is 20.3. The summed E-state index contributed by atoms with van der Waals surface area (Å²) < 4.78 is 32.7. The zero-order valence-corrected chi connectivity index (χ0v) is 41.9. The van der Waals surface area contributed by atoms with E-state index in [-0.39, 0.29) is 31.9 Å². The van der Waals surface area contributed by atoms with E-state index in [1.54, 1.807) is 0 Å². The van der Waals surface area contributed by atoms with Gasteiger partial charge in [0.15, 0.2) is 0 Å². The number of fused-ring (bicyclic) bond motifs is 4. The molecule has 0 amide bonds. The van der Waals surface area contributed by atoms with E-state index < -0.39 is 11.8 Å². The molecule has 0 atom stereocenters. The van der Waals surface area contributed by atoms with Crippen LogP contribution in [0.3, 0.4) is 0 Å². The van der Waals surface area contributed by atoms with Crippen molar-refractivity contribution in [3.05, 3.63) is 193 Å². The summed E-state index contributed by atoms with van der Waals surface area (Å²) >= 11 is 0. The van der Waals surface area contributed by atoms with Gasteiger partial charge >= 0.3 is 32.8 Å². The van der Waals surface area contributed by atoms with Gasteiger partial charge in [0, 0.05) is 37.6 Å². The summed E-state index contributed by atoms with van der Waals surface area (Å²) in [5.74, 6) is 1.89. The van der Waals surface area contributed by atoms with E-state index >= 15 is 0 Å². The Kier molecular flexibility index (Phi) is 11.2. The fraction of sp³-hybridized carbons (Fsp3) is 0.213. The van der Waals surface area contributed by atoms with Crippen LogP contribution in [0.25, 0.3) is 49.9 Å². The van der Waals surface area contributed by atoms with Gasteiger partial charge in [0.2, 0.25) is 5.69 Å². The van der Waals surface area contributed by atoms with Crippen LogP contribution in [0.5, 0.6) is 11.5 Å². The van der Waals surface area contributed by atoms with Crippen molar-refractivity contribution < 1.29 is 28.5 Å². The van der Waals surface area contributed by atoms with Gasteiger partial charge in [-0.25, -0.2) is 4.98 Å². The Bertz CT molecular complexity index is 3440. The monoisotopic (exact) mass is 1060 g/mol. The molecule has 9 aromatic rings. The summed E-state index contributed by atoms with van der Waals surface area (Å²) in [4.78, 5) is 4.89. The maximum atomic E-state index is 9.78. The van der Waals surface area contributed by atoms with Gasteiger partial charge in [-0.1, -0.05) is 182 Å². The molecule has 2 aromatic heterocycles. The van der Waals surface area contributed by atoms with Crippen LogP contribution in [0.4, 0.5) is 22.7 Å². The second kappa shape index (κ2) is 17.5. The van der Waals surface area contributed by atoms with Crippen LogP contribution in [0.15, 0.2) is 164 Å². The first-order valence-corrected chi connectivity index (χ1v) is 22.8. The van der Waals surface area contributed by atoms with Gasteiger partial charge in [0.25, 0.3) is 5.69 Å². The van der Waals surface area contributed by atoms with Crippen LogP contribution in [-0.2, 0) is 38.3 Å². The standard InChI is InChI=1S/C61H56N4O.Pt/c1-59(2,3)39-43-24-18-29-54-57(43)64(58-49(41-20-12-10-13-21-41)26-19-27-50(58)42-22-14-11-15-23-42)40-63(54)46-34-45(61(7,8)9)35-48(37-46)66-47-30-31-52-51-25-16-17-28-53(51)65(55(52)38-47)56-36-44(32-33-62-56)60(4,5)6;/h10-36H,39H2,1-9H3;/q;+2/i39D2;. The van der Waals surface area contributed by atoms with Crippen molar-refractivity contribution in [2.75, 3.05) is 0 Å². The van der Waals surface area contributed by atoms with Crippen molar-refractivity contribution >= 4 is 50.6 Å². The van der Waals surface area contributed by atoms with Gasteiger partial charge < -0.3 is 9.30 Å². The molecule has 1 aliphatic rings. The fourth-order valence-electron chi connectivity index (χ4n) is 8.92. The molecule has 3 heterocycles. The quantitative estimate of drug-likeness (QED) is 0.112. The topological polar surface area (TPSA) is 33.1 Å². The smallest absolute Gasteiger partial charge is 0.509 e. The fourth-order valence-corrected chi connectivity index (χ4v) is 8.92. The normalized spacial score (nSPS) is 13.4. The third-order valence-electron chi connectivity index (χ3n) is 12.2. The van der Waals surface area contributed by atoms with Crippen molar-refractivity contribution in [1.29, 1.82) is 0 Å². The van der Waals surface area contributed by atoms with Crippen molar-refractivity contribution in [1.82, 2.24) is 18.7 Å². The summed E-state index contributed by atoms with van der Waals surface area (Å²) in [5.41, 5.74) is 10.8. The van der Waals surface area contributed by atoms with Crippen molar-refractivity contribution in [3.63, 3.8) is 0 Å². The maximum Gasteiger partial charge on any atom is 2.00 e. The van der Waals surface area contributed by atoms with Crippen molar-refractivity contribution in [3.8, 4) is 39.6 Å². The first kappa shape index (κ1) is 43.0. The molecule has 0 radical (unpaired) electrons. The number of aromatic nitrogens is 2. The van der Waals surface area contributed by atoms with Gasteiger partial charge in [0.05, 0.1) is 11.1 Å². The molecule has 0 aliphatic carbocycles. The molecule has 0 unspecified atom stereocenters. The Balaban J connectivity index is 0.00000593. The second-order valence-electron chi connectivity index (χ2n) is 20.3. The summed E-state index contributed by atoms with van der Waals surface area (Å²) in [5, 5.41) is 2.17. The Morgan fingerprint density at radius 3 is 1.90 bits per heavy atom. The van der Waals surface area contributed by atoms with Crippen LogP contribution in [0, 0.1) is 17.5 Å². The molecule has 7 aromatic carbocycles. The largest absolute Gasteiger partial charge is 2.00 e. The molecule has 0 saturated heterocycles. The minimum Gasteiger partial charge on any atom is -0.509 e. The predicted molar refractivity (Wildman–Crippen MR) is 275 cm³/mol. The number of hydrogen-bond donors (Lipinski definition) is 0. The van der Waals surface area contributed by atoms with Crippen LogP contribution in [0.2, 0.25) is 0 Å². The van der Waals surface area contributed by atoms with Crippen molar-refractivity contribution in [2.45, 2.75) is 79.5 Å².